The minimum atomic E-state index is -0.650. The van der Waals surface area contributed by atoms with E-state index >= 15 is 0 Å². The van der Waals surface area contributed by atoms with Gasteiger partial charge in [-0.05, 0) is 31.9 Å². The summed E-state index contributed by atoms with van der Waals surface area (Å²) in [5.74, 6) is -0.388. The highest BCUT2D eigenvalue weighted by atomic mass is 16.3. The van der Waals surface area contributed by atoms with Crippen LogP contribution >= 0.6 is 0 Å². The largest absolute Gasteiger partial charge is 0.459 e. The molecule has 6 nitrogen and oxygen atoms in total. The molecule has 2 rings (SSSR count). The lowest BCUT2D eigenvalue weighted by atomic mass is 9.86. The summed E-state index contributed by atoms with van der Waals surface area (Å²) in [5, 5.41) is 15.2. The summed E-state index contributed by atoms with van der Waals surface area (Å²) in [6.45, 7) is 2.06. The van der Waals surface area contributed by atoms with Gasteiger partial charge < -0.3 is 20.2 Å². The van der Waals surface area contributed by atoms with Crippen LogP contribution in [-0.2, 0) is 4.79 Å². The first-order valence-corrected chi connectivity index (χ1v) is 7.38. The van der Waals surface area contributed by atoms with E-state index in [1.54, 1.807) is 19.1 Å². The molecule has 3 unspecified atom stereocenters. The van der Waals surface area contributed by atoms with Gasteiger partial charge in [0.1, 0.15) is 6.04 Å². The van der Waals surface area contributed by atoms with Crippen LogP contribution in [0.5, 0.6) is 0 Å². The first-order chi connectivity index (χ1) is 10.1. The van der Waals surface area contributed by atoms with Gasteiger partial charge in [-0.3, -0.25) is 9.59 Å². The Balaban J connectivity index is 1.76. The van der Waals surface area contributed by atoms with Gasteiger partial charge in [0.2, 0.25) is 5.91 Å². The molecule has 2 amide bonds. The molecular weight excluding hydrogens is 272 g/mol. The van der Waals surface area contributed by atoms with Crippen LogP contribution in [0, 0.1) is 5.92 Å². The number of amides is 2. The minimum Gasteiger partial charge on any atom is -0.459 e. The van der Waals surface area contributed by atoms with Gasteiger partial charge in [0, 0.05) is 12.5 Å². The van der Waals surface area contributed by atoms with Gasteiger partial charge in [-0.2, -0.15) is 0 Å². The zero-order valence-corrected chi connectivity index (χ0v) is 12.2. The number of rotatable bonds is 5. The molecule has 6 heteroatoms. The SMILES string of the molecule is CC(NC(=O)c1ccco1)C(=O)NCC1CCCCC1O. The van der Waals surface area contributed by atoms with Crippen molar-refractivity contribution in [2.45, 2.75) is 44.8 Å². The fraction of sp³-hybridized carbons (Fsp3) is 0.600. The van der Waals surface area contributed by atoms with Crippen LogP contribution in [0.25, 0.3) is 0 Å². The second-order valence-corrected chi connectivity index (χ2v) is 5.53. The maximum Gasteiger partial charge on any atom is 0.287 e. The maximum absolute atomic E-state index is 12.0. The zero-order valence-electron chi connectivity index (χ0n) is 12.2. The van der Waals surface area contributed by atoms with Gasteiger partial charge in [0.15, 0.2) is 5.76 Å². The summed E-state index contributed by atoms with van der Waals surface area (Å²) in [7, 11) is 0. The minimum absolute atomic E-state index is 0.107. The highest BCUT2D eigenvalue weighted by Crippen LogP contribution is 2.23. The van der Waals surface area contributed by atoms with Crippen LogP contribution in [0.1, 0.15) is 43.2 Å². The third-order valence-electron chi connectivity index (χ3n) is 3.89. The van der Waals surface area contributed by atoms with Gasteiger partial charge in [-0.25, -0.2) is 0 Å². The number of hydrogen-bond acceptors (Lipinski definition) is 4. The van der Waals surface area contributed by atoms with Crippen molar-refractivity contribution in [3.05, 3.63) is 24.2 Å². The molecule has 1 fully saturated rings. The predicted molar refractivity (Wildman–Crippen MR) is 76.6 cm³/mol. The normalized spacial score (nSPS) is 23.3. The van der Waals surface area contributed by atoms with E-state index in [0.29, 0.717) is 6.54 Å². The molecule has 0 spiro atoms. The van der Waals surface area contributed by atoms with Crippen molar-refractivity contribution in [3.63, 3.8) is 0 Å². The Hall–Kier alpha value is -1.82. The third-order valence-corrected chi connectivity index (χ3v) is 3.89. The van der Waals surface area contributed by atoms with Gasteiger partial charge in [-0.1, -0.05) is 12.8 Å². The predicted octanol–water partition coefficient (Wildman–Crippen LogP) is 1.07. The summed E-state index contributed by atoms with van der Waals surface area (Å²) in [6, 6.07) is 2.51. The summed E-state index contributed by atoms with van der Waals surface area (Å²) in [6.07, 6.45) is 4.92. The lowest BCUT2D eigenvalue weighted by Gasteiger charge is -2.28. The van der Waals surface area contributed by atoms with Gasteiger partial charge in [0.05, 0.1) is 12.4 Å². The van der Waals surface area contributed by atoms with Crippen LogP contribution in [-0.4, -0.2) is 35.6 Å². The van der Waals surface area contributed by atoms with Crippen LogP contribution in [0.2, 0.25) is 0 Å². The molecule has 1 aromatic rings. The van der Waals surface area contributed by atoms with Crippen molar-refractivity contribution < 1.29 is 19.1 Å². The average molecular weight is 294 g/mol. The molecule has 3 N–H and O–H groups in total. The molecule has 0 aromatic carbocycles. The fourth-order valence-electron chi connectivity index (χ4n) is 2.55. The molecule has 116 valence electrons. The van der Waals surface area contributed by atoms with Crippen LogP contribution < -0.4 is 10.6 Å². The highest BCUT2D eigenvalue weighted by Gasteiger charge is 2.24. The number of nitrogens with one attached hydrogen (secondary N) is 2. The molecule has 1 saturated carbocycles. The Morgan fingerprint density at radius 1 is 1.43 bits per heavy atom. The number of aliphatic hydroxyl groups excluding tert-OH is 1. The summed E-state index contributed by atoms with van der Waals surface area (Å²) in [4.78, 5) is 23.7. The molecule has 3 atom stereocenters. The smallest absolute Gasteiger partial charge is 0.287 e. The number of furan rings is 1. The molecular formula is C15H22N2O4. The van der Waals surface area contributed by atoms with E-state index in [0.717, 1.165) is 25.7 Å². The van der Waals surface area contributed by atoms with E-state index in [4.69, 9.17) is 4.42 Å². The quantitative estimate of drug-likeness (QED) is 0.757. The van der Waals surface area contributed by atoms with E-state index in [2.05, 4.69) is 10.6 Å². The Labute approximate surface area is 123 Å². The average Bonchev–Trinajstić information content (AvgIpc) is 3.00. The molecule has 1 aliphatic rings. The number of aliphatic hydroxyl groups is 1. The summed E-state index contributed by atoms with van der Waals surface area (Å²) < 4.78 is 4.97. The molecule has 1 aromatic heterocycles. The Morgan fingerprint density at radius 3 is 2.86 bits per heavy atom. The number of carbonyl (C=O) groups is 2. The van der Waals surface area contributed by atoms with E-state index < -0.39 is 11.9 Å². The first-order valence-electron chi connectivity index (χ1n) is 7.38. The fourth-order valence-corrected chi connectivity index (χ4v) is 2.55. The molecule has 1 heterocycles. The van der Waals surface area contributed by atoms with Crippen LogP contribution in [0.15, 0.2) is 22.8 Å². The zero-order chi connectivity index (χ0) is 15.2. The monoisotopic (exact) mass is 294 g/mol. The van der Waals surface area contributed by atoms with E-state index in [9.17, 15) is 14.7 Å². The lowest BCUT2D eigenvalue weighted by molar-refractivity contribution is -0.123. The Kier molecular flexibility index (Phi) is 5.38. The molecule has 0 saturated heterocycles. The second-order valence-electron chi connectivity index (χ2n) is 5.53. The van der Waals surface area contributed by atoms with E-state index in [1.807, 2.05) is 0 Å². The molecule has 1 aliphatic carbocycles. The molecule has 0 aliphatic heterocycles. The molecule has 0 radical (unpaired) electrons. The first kappa shape index (κ1) is 15.6. The van der Waals surface area contributed by atoms with Crippen LogP contribution in [0.3, 0.4) is 0 Å². The Bertz CT molecular complexity index is 472. The van der Waals surface area contributed by atoms with Crippen molar-refractivity contribution >= 4 is 11.8 Å². The van der Waals surface area contributed by atoms with Crippen molar-refractivity contribution in [1.29, 1.82) is 0 Å². The third kappa shape index (κ3) is 4.32. The van der Waals surface area contributed by atoms with Crippen molar-refractivity contribution in [2.75, 3.05) is 6.54 Å². The van der Waals surface area contributed by atoms with Crippen molar-refractivity contribution in [2.24, 2.45) is 5.92 Å². The van der Waals surface area contributed by atoms with Crippen molar-refractivity contribution in [3.8, 4) is 0 Å². The lowest BCUT2D eigenvalue weighted by Crippen LogP contribution is -2.47. The number of hydrogen-bond donors (Lipinski definition) is 3. The van der Waals surface area contributed by atoms with Crippen molar-refractivity contribution in [1.82, 2.24) is 10.6 Å². The summed E-state index contributed by atoms with van der Waals surface area (Å²) in [5.41, 5.74) is 0. The maximum atomic E-state index is 12.0. The molecule has 0 bridgehead atoms. The van der Waals surface area contributed by atoms with Gasteiger partial charge in [-0.15, -0.1) is 0 Å². The molecule has 21 heavy (non-hydrogen) atoms. The van der Waals surface area contributed by atoms with E-state index in [-0.39, 0.29) is 23.7 Å². The number of carbonyl (C=O) groups excluding carboxylic acids is 2. The topological polar surface area (TPSA) is 91.6 Å². The second kappa shape index (κ2) is 7.26. The Morgan fingerprint density at radius 2 is 2.19 bits per heavy atom. The summed E-state index contributed by atoms with van der Waals surface area (Å²) >= 11 is 0. The van der Waals surface area contributed by atoms with Gasteiger partial charge in [0.25, 0.3) is 5.91 Å². The van der Waals surface area contributed by atoms with E-state index in [1.165, 1.54) is 6.26 Å². The van der Waals surface area contributed by atoms with Gasteiger partial charge >= 0.3 is 0 Å². The standard InChI is InChI=1S/C15H22N2O4/c1-10(17-15(20)13-7-4-8-21-13)14(19)16-9-11-5-2-3-6-12(11)18/h4,7-8,10-12,18H,2-3,5-6,9H2,1H3,(H,16,19)(H,17,20). The van der Waals surface area contributed by atoms with Crippen LogP contribution in [0.4, 0.5) is 0 Å². The highest BCUT2D eigenvalue weighted by molar-refractivity contribution is 5.95.